The van der Waals surface area contributed by atoms with Crippen molar-refractivity contribution in [2.75, 3.05) is 19.5 Å². The number of halogens is 1. The summed E-state index contributed by atoms with van der Waals surface area (Å²) in [5.41, 5.74) is 2.61. The van der Waals surface area contributed by atoms with E-state index in [4.69, 9.17) is 38.3 Å². The molecular weight excluding hydrogens is 466 g/mol. The summed E-state index contributed by atoms with van der Waals surface area (Å²) in [7, 11) is 2.97. The Morgan fingerprint density at radius 1 is 1.03 bits per heavy atom. The van der Waals surface area contributed by atoms with Crippen LogP contribution in [0.3, 0.4) is 0 Å². The fourth-order valence-corrected chi connectivity index (χ4v) is 4.55. The van der Waals surface area contributed by atoms with Crippen molar-refractivity contribution in [3.63, 3.8) is 0 Å². The summed E-state index contributed by atoms with van der Waals surface area (Å²) >= 11 is 13.2. The van der Waals surface area contributed by atoms with Gasteiger partial charge in [-0.05, 0) is 54.7 Å². The number of hydrogen-bond donors (Lipinski definition) is 2. The second-order valence-electron chi connectivity index (χ2n) is 6.62. The normalized spacial score (nSPS) is 10.6. The molecule has 0 atom stereocenters. The van der Waals surface area contributed by atoms with Crippen LogP contribution in [0.2, 0.25) is 5.02 Å². The lowest BCUT2D eigenvalue weighted by Gasteiger charge is -2.15. The molecule has 0 saturated heterocycles. The Morgan fingerprint density at radius 3 is 2.44 bits per heavy atom. The Morgan fingerprint density at radius 2 is 1.75 bits per heavy atom. The summed E-state index contributed by atoms with van der Waals surface area (Å²) < 4.78 is 11.7. The van der Waals surface area contributed by atoms with E-state index in [0.717, 1.165) is 20.8 Å². The van der Waals surface area contributed by atoms with Gasteiger partial charge in [0.15, 0.2) is 5.11 Å². The predicted molar refractivity (Wildman–Crippen MR) is 133 cm³/mol. The van der Waals surface area contributed by atoms with E-state index in [0.29, 0.717) is 22.2 Å². The fourth-order valence-electron chi connectivity index (χ4n) is 3.18. The van der Waals surface area contributed by atoms with Crippen LogP contribution in [-0.2, 0) is 0 Å². The number of methoxy groups -OCH3 is 2. The van der Waals surface area contributed by atoms with Crippen LogP contribution in [-0.4, -0.2) is 30.2 Å². The first-order chi connectivity index (χ1) is 15.5. The Kier molecular flexibility index (Phi) is 6.55. The summed E-state index contributed by atoms with van der Waals surface area (Å²) in [4.78, 5) is 17.6. The molecular formula is C23H18ClN3O3S2. The van der Waals surface area contributed by atoms with E-state index in [1.807, 2.05) is 30.3 Å². The first kappa shape index (κ1) is 22.0. The standard InChI is InChI=1S/C23H18ClN3O3S2/c1-29-17-7-5-8-18(30-2)20(17)21(28)27-23(31)26-15-11-10-13(24)12-14(15)22-25-16-6-3-4-9-19(16)32-22/h3-12H,1-2H3,(H2,26,27,28,31). The van der Waals surface area contributed by atoms with E-state index < -0.39 is 5.91 Å². The molecule has 0 saturated carbocycles. The van der Waals surface area contributed by atoms with E-state index in [9.17, 15) is 4.79 Å². The molecule has 4 rings (SSSR count). The minimum Gasteiger partial charge on any atom is -0.496 e. The van der Waals surface area contributed by atoms with E-state index >= 15 is 0 Å². The van der Waals surface area contributed by atoms with Crippen molar-refractivity contribution in [2.45, 2.75) is 0 Å². The van der Waals surface area contributed by atoms with Gasteiger partial charge in [-0.2, -0.15) is 0 Å². The Balaban J connectivity index is 1.60. The van der Waals surface area contributed by atoms with E-state index in [2.05, 4.69) is 10.6 Å². The Labute approximate surface area is 199 Å². The summed E-state index contributed by atoms with van der Waals surface area (Å²) in [6, 6.07) is 18.3. The Bertz CT molecular complexity index is 1270. The van der Waals surface area contributed by atoms with Crippen LogP contribution in [0.25, 0.3) is 20.8 Å². The van der Waals surface area contributed by atoms with Crippen LogP contribution in [0.4, 0.5) is 5.69 Å². The van der Waals surface area contributed by atoms with Crippen molar-refractivity contribution in [1.29, 1.82) is 0 Å². The molecule has 32 heavy (non-hydrogen) atoms. The van der Waals surface area contributed by atoms with Crippen molar-refractivity contribution < 1.29 is 14.3 Å². The molecule has 0 spiro atoms. The lowest BCUT2D eigenvalue weighted by molar-refractivity contribution is 0.0971. The maximum Gasteiger partial charge on any atom is 0.264 e. The number of carbonyl (C=O) groups excluding carboxylic acids is 1. The van der Waals surface area contributed by atoms with Gasteiger partial charge in [-0.25, -0.2) is 4.98 Å². The highest BCUT2D eigenvalue weighted by atomic mass is 35.5. The predicted octanol–water partition coefficient (Wildman–Crippen LogP) is 5.76. The van der Waals surface area contributed by atoms with Crippen LogP contribution in [0.5, 0.6) is 11.5 Å². The average molecular weight is 484 g/mol. The number of fused-ring (bicyclic) bond motifs is 1. The molecule has 3 aromatic carbocycles. The minimum absolute atomic E-state index is 0.118. The molecule has 162 valence electrons. The number of rotatable bonds is 5. The quantitative estimate of drug-likeness (QED) is 0.351. The summed E-state index contributed by atoms with van der Waals surface area (Å²) in [6.45, 7) is 0. The number of thiazole rings is 1. The molecule has 0 aliphatic heterocycles. The molecule has 0 aliphatic carbocycles. The van der Waals surface area contributed by atoms with Gasteiger partial charge in [0.25, 0.3) is 5.91 Å². The Hall–Kier alpha value is -3.20. The van der Waals surface area contributed by atoms with E-state index in [1.165, 1.54) is 14.2 Å². The third kappa shape index (κ3) is 4.52. The van der Waals surface area contributed by atoms with Crippen molar-refractivity contribution in [1.82, 2.24) is 10.3 Å². The molecule has 0 radical (unpaired) electrons. The van der Waals surface area contributed by atoms with Crippen LogP contribution in [0, 0.1) is 0 Å². The first-order valence-electron chi connectivity index (χ1n) is 9.49. The van der Waals surface area contributed by atoms with E-state index in [1.54, 1.807) is 41.7 Å². The third-order valence-electron chi connectivity index (χ3n) is 4.64. The van der Waals surface area contributed by atoms with Crippen LogP contribution < -0.4 is 20.1 Å². The molecule has 1 heterocycles. The second kappa shape index (κ2) is 9.52. The zero-order valence-corrected chi connectivity index (χ0v) is 19.5. The number of anilines is 1. The summed E-state index contributed by atoms with van der Waals surface area (Å²) in [5.74, 6) is 0.310. The number of benzene rings is 3. The van der Waals surface area contributed by atoms with Gasteiger partial charge >= 0.3 is 0 Å². The number of thiocarbonyl (C=S) groups is 1. The minimum atomic E-state index is -0.452. The van der Waals surface area contributed by atoms with Gasteiger partial charge in [0, 0.05) is 10.6 Å². The zero-order chi connectivity index (χ0) is 22.7. The van der Waals surface area contributed by atoms with Gasteiger partial charge in [-0.3, -0.25) is 10.1 Å². The molecule has 0 aliphatic rings. The molecule has 0 unspecified atom stereocenters. The number of nitrogens with one attached hydrogen (secondary N) is 2. The number of carbonyl (C=O) groups is 1. The van der Waals surface area contributed by atoms with Gasteiger partial charge in [0.2, 0.25) is 0 Å². The lowest BCUT2D eigenvalue weighted by Crippen LogP contribution is -2.34. The SMILES string of the molecule is COc1cccc(OC)c1C(=O)NC(=S)Nc1ccc(Cl)cc1-c1nc2ccccc2s1. The van der Waals surface area contributed by atoms with Gasteiger partial charge in [-0.15, -0.1) is 11.3 Å². The molecule has 6 nitrogen and oxygen atoms in total. The van der Waals surface area contributed by atoms with Crippen LogP contribution >= 0.6 is 35.2 Å². The number of amides is 1. The highest BCUT2D eigenvalue weighted by molar-refractivity contribution is 7.80. The van der Waals surface area contributed by atoms with Crippen molar-refractivity contribution in [2.24, 2.45) is 0 Å². The van der Waals surface area contributed by atoms with Crippen LogP contribution in [0.1, 0.15) is 10.4 Å². The molecule has 1 amide bonds. The maximum absolute atomic E-state index is 12.9. The number of para-hydroxylation sites is 1. The summed E-state index contributed by atoms with van der Waals surface area (Å²) in [5, 5.41) is 7.24. The lowest BCUT2D eigenvalue weighted by atomic mass is 10.1. The maximum atomic E-state index is 12.9. The van der Waals surface area contributed by atoms with Crippen LogP contribution in [0.15, 0.2) is 60.7 Å². The molecule has 1 aromatic heterocycles. The fraction of sp³-hybridized carbons (Fsp3) is 0.0870. The monoisotopic (exact) mass is 483 g/mol. The zero-order valence-electron chi connectivity index (χ0n) is 17.1. The molecule has 0 fully saturated rings. The number of nitrogens with zero attached hydrogens (tertiary/aromatic N) is 1. The van der Waals surface area contributed by atoms with Crippen molar-refractivity contribution in [3.8, 4) is 22.1 Å². The molecule has 9 heteroatoms. The third-order valence-corrected chi connectivity index (χ3v) is 6.14. The molecule has 0 bridgehead atoms. The highest BCUT2D eigenvalue weighted by Gasteiger charge is 2.20. The molecule has 4 aromatic rings. The first-order valence-corrected chi connectivity index (χ1v) is 11.1. The topological polar surface area (TPSA) is 72.5 Å². The van der Waals surface area contributed by atoms with E-state index in [-0.39, 0.29) is 10.7 Å². The number of ether oxygens (including phenoxy) is 2. The van der Waals surface area contributed by atoms with Gasteiger partial charge in [0.05, 0.1) is 30.1 Å². The van der Waals surface area contributed by atoms with Gasteiger partial charge in [0.1, 0.15) is 22.1 Å². The molecule has 2 N–H and O–H groups in total. The summed E-state index contributed by atoms with van der Waals surface area (Å²) in [6.07, 6.45) is 0. The smallest absolute Gasteiger partial charge is 0.264 e. The number of aromatic nitrogens is 1. The van der Waals surface area contributed by atoms with Gasteiger partial charge < -0.3 is 14.8 Å². The average Bonchev–Trinajstić information content (AvgIpc) is 3.23. The van der Waals surface area contributed by atoms with Crippen molar-refractivity contribution in [3.05, 3.63) is 71.2 Å². The second-order valence-corrected chi connectivity index (χ2v) is 8.50. The van der Waals surface area contributed by atoms with Gasteiger partial charge in [-0.1, -0.05) is 29.8 Å². The highest BCUT2D eigenvalue weighted by Crippen LogP contribution is 2.36. The number of hydrogen-bond acceptors (Lipinski definition) is 6. The van der Waals surface area contributed by atoms with Crippen molar-refractivity contribution >= 4 is 62.1 Å². The largest absolute Gasteiger partial charge is 0.496 e.